The fourth-order valence-corrected chi connectivity index (χ4v) is 4.09. The van der Waals surface area contributed by atoms with Gasteiger partial charge in [0.05, 0.1) is 41.1 Å². The van der Waals surface area contributed by atoms with Crippen LogP contribution in [-0.2, 0) is 16.0 Å². The number of aromatic nitrogens is 2. The molecule has 1 aliphatic heterocycles. The van der Waals surface area contributed by atoms with Gasteiger partial charge in [-0.1, -0.05) is 48.5 Å². The lowest BCUT2D eigenvalue weighted by Crippen LogP contribution is -2.10. The number of anilines is 2. The Morgan fingerprint density at radius 2 is 1.80 bits per heavy atom. The zero-order valence-corrected chi connectivity index (χ0v) is 19.2. The number of benzene rings is 3. The van der Waals surface area contributed by atoms with Crippen molar-refractivity contribution in [2.75, 3.05) is 17.2 Å². The van der Waals surface area contributed by atoms with Crippen molar-refractivity contribution in [1.82, 2.24) is 9.97 Å². The number of amides is 1. The summed E-state index contributed by atoms with van der Waals surface area (Å²) < 4.78 is 5.10. The Balaban J connectivity index is 1.51. The Morgan fingerprint density at radius 1 is 1.00 bits per heavy atom. The molecule has 0 radical (unpaired) electrons. The highest BCUT2D eigenvalue weighted by Crippen LogP contribution is 2.38. The summed E-state index contributed by atoms with van der Waals surface area (Å²) in [6.45, 7) is 2.05. The normalized spacial score (nSPS) is 13.7. The van der Waals surface area contributed by atoms with Gasteiger partial charge < -0.3 is 20.4 Å². The van der Waals surface area contributed by atoms with Crippen LogP contribution in [0.5, 0.6) is 0 Å². The molecule has 0 saturated carbocycles. The highest BCUT2D eigenvalue weighted by Gasteiger charge is 2.29. The van der Waals surface area contributed by atoms with Crippen LogP contribution < -0.4 is 10.6 Å². The number of H-pyrrole nitrogens is 1. The molecule has 0 spiro atoms. The Labute approximate surface area is 202 Å². The predicted octanol–water partition coefficient (Wildman–Crippen LogP) is 5.11. The van der Waals surface area contributed by atoms with Gasteiger partial charge >= 0.3 is 5.97 Å². The van der Waals surface area contributed by atoms with E-state index in [0.717, 1.165) is 34.5 Å². The van der Waals surface area contributed by atoms with E-state index < -0.39 is 5.97 Å². The second kappa shape index (κ2) is 9.69. The van der Waals surface area contributed by atoms with Gasteiger partial charge in [0.2, 0.25) is 0 Å². The van der Waals surface area contributed by atoms with Gasteiger partial charge in [-0.05, 0) is 42.3 Å². The molecule has 0 bridgehead atoms. The third-order valence-electron chi connectivity index (χ3n) is 5.75. The molecular formula is C28H24N4O3. The number of hydrogen-bond donors (Lipinski definition) is 3. The zero-order valence-electron chi connectivity index (χ0n) is 19.2. The number of hydrogen-bond acceptors (Lipinski definition) is 5. The van der Waals surface area contributed by atoms with Crippen LogP contribution in [0.25, 0.3) is 11.3 Å². The average Bonchev–Trinajstić information content (AvgIpc) is 3.50. The number of aromatic amines is 1. The fourth-order valence-electron chi connectivity index (χ4n) is 4.09. The van der Waals surface area contributed by atoms with Crippen LogP contribution in [0.4, 0.5) is 11.4 Å². The minimum atomic E-state index is -0.418. The smallest absolute Gasteiger partial charge is 0.338 e. The number of carbonyl (C=O) groups is 2. The Morgan fingerprint density at radius 3 is 2.51 bits per heavy atom. The van der Waals surface area contributed by atoms with E-state index in [4.69, 9.17) is 4.74 Å². The largest absolute Gasteiger partial charge is 0.462 e. The van der Waals surface area contributed by atoms with Crippen LogP contribution in [-0.4, -0.2) is 28.5 Å². The summed E-state index contributed by atoms with van der Waals surface area (Å²) in [5, 5.41) is 6.36. The van der Waals surface area contributed by atoms with Crippen LogP contribution in [0.15, 0.2) is 85.3 Å². The molecule has 35 heavy (non-hydrogen) atoms. The molecule has 5 rings (SSSR count). The van der Waals surface area contributed by atoms with Crippen molar-refractivity contribution in [1.29, 1.82) is 0 Å². The number of imidazole rings is 1. The number of esters is 1. The molecule has 7 nitrogen and oxygen atoms in total. The first-order chi connectivity index (χ1) is 17.1. The molecule has 0 atom stereocenters. The molecule has 3 N–H and O–H groups in total. The van der Waals surface area contributed by atoms with E-state index in [1.807, 2.05) is 60.8 Å². The monoisotopic (exact) mass is 464 g/mol. The summed E-state index contributed by atoms with van der Waals surface area (Å²) in [5.74, 6) is -0.652. The maximum absolute atomic E-state index is 13.1. The quantitative estimate of drug-likeness (QED) is 0.261. The number of fused-ring (bicyclic) bond motifs is 1. The molecule has 0 aliphatic carbocycles. The third-order valence-corrected chi connectivity index (χ3v) is 5.75. The van der Waals surface area contributed by atoms with E-state index in [2.05, 4.69) is 20.6 Å². The first-order valence-electron chi connectivity index (χ1n) is 11.4. The molecule has 0 saturated heterocycles. The van der Waals surface area contributed by atoms with Crippen molar-refractivity contribution in [2.24, 2.45) is 0 Å². The van der Waals surface area contributed by atoms with Crippen molar-refractivity contribution in [3.05, 3.63) is 113 Å². The van der Waals surface area contributed by atoms with Gasteiger partial charge in [-0.3, -0.25) is 4.79 Å². The number of ether oxygens (including phenoxy) is 1. The van der Waals surface area contributed by atoms with E-state index in [0.29, 0.717) is 22.5 Å². The minimum absolute atomic E-state index is 0.234. The van der Waals surface area contributed by atoms with Crippen molar-refractivity contribution in [3.8, 4) is 0 Å². The summed E-state index contributed by atoms with van der Waals surface area (Å²) >= 11 is 0. The summed E-state index contributed by atoms with van der Waals surface area (Å²) in [7, 11) is 0. The van der Waals surface area contributed by atoms with E-state index in [9.17, 15) is 9.59 Å². The first kappa shape index (κ1) is 22.2. The summed E-state index contributed by atoms with van der Waals surface area (Å²) in [6, 6.07) is 22.9. The molecule has 7 heteroatoms. The summed E-state index contributed by atoms with van der Waals surface area (Å²) in [5.41, 5.74) is 6.74. The minimum Gasteiger partial charge on any atom is -0.462 e. The van der Waals surface area contributed by atoms with Crippen LogP contribution in [0.1, 0.15) is 39.7 Å². The molecule has 3 aromatic carbocycles. The molecule has 1 aliphatic rings. The van der Waals surface area contributed by atoms with Crippen molar-refractivity contribution in [2.45, 2.75) is 13.3 Å². The van der Waals surface area contributed by atoms with Gasteiger partial charge in [0.1, 0.15) is 0 Å². The molecule has 0 unspecified atom stereocenters. The van der Waals surface area contributed by atoms with Crippen molar-refractivity contribution < 1.29 is 14.3 Å². The summed E-state index contributed by atoms with van der Waals surface area (Å²) in [4.78, 5) is 32.6. The first-order valence-corrected chi connectivity index (χ1v) is 11.4. The lowest BCUT2D eigenvalue weighted by Gasteiger charge is -2.15. The van der Waals surface area contributed by atoms with Gasteiger partial charge in [-0.15, -0.1) is 0 Å². The maximum atomic E-state index is 13.1. The SMILES string of the molecule is CCOC(=O)c1ccc2c(c1)NC(=O)/C2=C(\Nc1ccc(Cc2c[nH]cn2)cc1)c1ccccc1. The van der Waals surface area contributed by atoms with Crippen molar-refractivity contribution >= 4 is 34.5 Å². The second-order valence-corrected chi connectivity index (χ2v) is 8.11. The molecule has 1 aromatic heterocycles. The number of nitrogens with zero attached hydrogens (tertiary/aromatic N) is 1. The van der Waals surface area contributed by atoms with Gasteiger partial charge in [-0.2, -0.15) is 0 Å². The fraction of sp³-hybridized carbons (Fsp3) is 0.107. The van der Waals surface area contributed by atoms with E-state index in [1.54, 1.807) is 31.5 Å². The Kier molecular flexibility index (Phi) is 6.13. The van der Waals surface area contributed by atoms with E-state index >= 15 is 0 Å². The highest BCUT2D eigenvalue weighted by atomic mass is 16.5. The van der Waals surface area contributed by atoms with Crippen molar-refractivity contribution in [3.63, 3.8) is 0 Å². The second-order valence-electron chi connectivity index (χ2n) is 8.11. The standard InChI is InChI=1S/C28H24N4O3/c1-2-35-28(34)20-10-13-23-24(15-20)32-27(33)25(23)26(19-6-4-3-5-7-19)31-21-11-8-18(9-12-21)14-22-16-29-17-30-22/h3-13,15-17,31H,2,14H2,1H3,(H,29,30)(H,32,33)/b26-25-. The lowest BCUT2D eigenvalue weighted by atomic mass is 9.99. The van der Waals surface area contributed by atoms with E-state index in [1.165, 1.54) is 0 Å². The molecule has 174 valence electrons. The lowest BCUT2D eigenvalue weighted by molar-refractivity contribution is -0.110. The van der Waals surface area contributed by atoms with Crippen LogP contribution in [0.2, 0.25) is 0 Å². The van der Waals surface area contributed by atoms with Gasteiger partial charge in [0.15, 0.2) is 0 Å². The third kappa shape index (κ3) is 4.70. The molecular weight excluding hydrogens is 440 g/mol. The maximum Gasteiger partial charge on any atom is 0.338 e. The topological polar surface area (TPSA) is 96.1 Å². The van der Waals surface area contributed by atoms with Crippen LogP contribution >= 0.6 is 0 Å². The zero-order chi connectivity index (χ0) is 24.2. The Bertz CT molecular complexity index is 1390. The van der Waals surface area contributed by atoms with Gasteiger partial charge in [-0.25, -0.2) is 9.78 Å². The average molecular weight is 465 g/mol. The van der Waals surface area contributed by atoms with Gasteiger partial charge in [0.25, 0.3) is 5.91 Å². The molecule has 2 heterocycles. The van der Waals surface area contributed by atoms with Crippen LogP contribution in [0, 0.1) is 0 Å². The molecule has 1 amide bonds. The molecule has 4 aromatic rings. The van der Waals surface area contributed by atoms with Gasteiger partial charge in [0, 0.05) is 23.9 Å². The Hall–Kier alpha value is -4.65. The highest BCUT2D eigenvalue weighted by molar-refractivity contribution is 6.37. The predicted molar refractivity (Wildman–Crippen MR) is 136 cm³/mol. The number of nitrogens with one attached hydrogen (secondary N) is 3. The summed E-state index contributed by atoms with van der Waals surface area (Å²) in [6.07, 6.45) is 4.28. The van der Waals surface area contributed by atoms with E-state index in [-0.39, 0.29) is 12.5 Å². The number of carbonyl (C=O) groups excluding carboxylic acids is 2. The number of rotatable bonds is 7. The van der Waals surface area contributed by atoms with Crippen LogP contribution in [0.3, 0.4) is 0 Å². The molecule has 0 fully saturated rings.